The van der Waals surface area contributed by atoms with Crippen molar-refractivity contribution in [1.82, 2.24) is 24.5 Å². The van der Waals surface area contributed by atoms with Gasteiger partial charge in [0.15, 0.2) is 0 Å². The van der Waals surface area contributed by atoms with E-state index in [1.807, 2.05) is 31.4 Å². The lowest BCUT2D eigenvalue weighted by Crippen LogP contribution is -2.00. The van der Waals surface area contributed by atoms with Crippen LogP contribution in [0.1, 0.15) is 5.56 Å². The standard InChI is InChI=1S/C21H14ClF2N5/c1-11-19(22)16(23)8-14-20(13-4-3-5-17-15(13)10-28(2)26-17)27-29(21(11)14)12-6-7-18(24)25-9-12/h3-10H,1-2H3. The van der Waals surface area contributed by atoms with Crippen molar-refractivity contribution in [2.45, 2.75) is 6.92 Å². The van der Waals surface area contributed by atoms with Gasteiger partial charge in [0.2, 0.25) is 5.95 Å². The Hall–Kier alpha value is -3.32. The summed E-state index contributed by atoms with van der Waals surface area (Å²) in [4.78, 5) is 3.72. The van der Waals surface area contributed by atoms with Crippen LogP contribution in [0, 0.1) is 18.7 Å². The van der Waals surface area contributed by atoms with Crippen LogP contribution in [0.4, 0.5) is 8.78 Å². The second kappa shape index (κ2) is 6.35. The molecule has 0 bridgehead atoms. The summed E-state index contributed by atoms with van der Waals surface area (Å²) >= 11 is 6.19. The van der Waals surface area contributed by atoms with Crippen LogP contribution in [-0.4, -0.2) is 24.5 Å². The highest BCUT2D eigenvalue weighted by Crippen LogP contribution is 2.38. The van der Waals surface area contributed by atoms with Crippen molar-refractivity contribution in [3.05, 3.63) is 71.1 Å². The zero-order chi connectivity index (χ0) is 20.3. The maximum absolute atomic E-state index is 14.5. The highest BCUT2D eigenvalue weighted by molar-refractivity contribution is 6.32. The zero-order valence-corrected chi connectivity index (χ0v) is 16.2. The van der Waals surface area contributed by atoms with Gasteiger partial charge in [-0.1, -0.05) is 23.7 Å². The maximum atomic E-state index is 14.5. The van der Waals surface area contributed by atoms with Gasteiger partial charge >= 0.3 is 0 Å². The molecule has 3 heterocycles. The molecule has 144 valence electrons. The first-order chi connectivity index (χ1) is 13.9. The van der Waals surface area contributed by atoms with Gasteiger partial charge in [-0.05, 0) is 36.8 Å². The average Bonchev–Trinajstić information content (AvgIpc) is 3.26. The summed E-state index contributed by atoms with van der Waals surface area (Å²) in [6, 6.07) is 9.92. The molecule has 0 amide bonds. The lowest BCUT2D eigenvalue weighted by molar-refractivity contribution is 0.582. The summed E-state index contributed by atoms with van der Waals surface area (Å²) in [5.41, 5.74) is 3.94. The second-order valence-electron chi connectivity index (χ2n) is 6.83. The third kappa shape index (κ3) is 2.69. The monoisotopic (exact) mass is 409 g/mol. The Morgan fingerprint density at radius 3 is 2.62 bits per heavy atom. The Morgan fingerprint density at radius 2 is 1.86 bits per heavy atom. The number of aromatic nitrogens is 5. The van der Waals surface area contributed by atoms with Crippen molar-refractivity contribution < 1.29 is 8.78 Å². The highest BCUT2D eigenvalue weighted by Gasteiger charge is 2.21. The average molecular weight is 410 g/mol. The van der Waals surface area contributed by atoms with Crippen molar-refractivity contribution in [2.75, 3.05) is 0 Å². The third-order valence-electron chi connectivity index (χ3n) is 4.96. The highest BCUT2D eigenvalue weighted by atomic mass is 35.5. The van der Waals surface area contributed by atoms with Crippen molar-refractivity contribution in [3.63, 3.8) is 0 Å². The molecule has 29 heavy (non-hydrogen) atoms. The summed E-state index contributed by atoms with van der Waals surface area (Å²) in [6.07, 6.45) is 3.28. The number of halogens is 3. The minimum absolute atomic E-state index is 0.0276. The molecule has 2 aromatic carbocycles. The van der Waals surface area contributed by atoms with E-state index in [0.717, 1.165) is 16.5 Å². The summed E-state index contributed by atoms with van der Waals surface area (Å²) in [5, 5.41) is 10.7. The van der Waals surface area contributed by atoms with E-state index in [1.54, 1.807) is 22.4 Å². The quantitative estimate of drug-likeness (QED) is 0.376. The van der Waals surface area contributed by atoms with E-state index in [2.05, 4.69) is 10.1 Å². The first-order valence-corrected chi connectivity index (χ1v) is 9.24. The predicted molar refractivity (Wildman–Crippen MR) is 108 cm³/mol. The molecule has 5 rings (SSSR count). The fourth-order valence-corrected chi connectivity index (χ4v) is 3.79. The molecule has 8 heteroatoms. The lowest BCUT2D eigenvalue weighted by Gasteiger charge is -2.07. The van der Waals surface area contributed by atoms with Crippen LogP contribution in [0.5, 0.6) is 0 Å². The Balaban J connectivity index is 1.90. The molecule has 0 atom stereocenters. The molecular weight excluding hydrogens is 396 g/mol. The van der Waals surface area contributed by atoms with Gasteiger partial charge in [-0.3, -0.25) is 4.68 Å². The van der Waals surface area contributed by atoms with Gasteiger partial charge in [0.05, 0.1) is 27.9 Å². The van der Waals surface area contributed by atoms with Crippen molar-refractivity contribution in [2.24, 2.45) is 7.05 Å². The van der Waals surface area contributed by atoms with Gasteiger partial charge in [0, 0.05) is 29.6 Å². The Labute approximate surface area is 169 Å². The number of benzene rings is 2. The molecule has 0 saturated carbocycles. The Morgan fingerprint density at radius 1 is 1.03 bits per heavy atom. The molecule has 0 N–H and O–H groups in total. The molecule has 0 aliphatic carbocycles. The minimum atomic E-state index is -0.591. The second-order valence-corrected chi connectivity index (χ2v) is 7.21. The molecule has 0 fully saturated rings. The fourth-order valence-electron chi connectivity index (χ4n) is 3.65. The van der Waals surface area contributed by atoms with E-state index in [-0.39, 0.29) is 5.02 Å². The molecule has 3 aromatic heterocycles. The van der Waals surface area contributed by atoms with Gasteiger partial charge in [-0.2, -0.15) is 14.6 Å². The van der Waals surface area contributed by atoms with Crippen LogP contribution in [0.2, 0.25) is 5.02 Å². The van der Waals surface area contributed by atoms with Gasteiger partial charge < -0.3 is 0 Å². The zero-order valence-electron chi connectivity index (χ0n) is 15.5. The van der Waals surface area contributed by atoms with Crippen LogP contribution in [-0.2, 0) is 7.05 Å². The number of hydrogen-bond donors (Lipinski definition) is 0. The predicted octanol–water partition coefficient (Wildman–Crippen LogP) is 5.21. The smallest absolute Gasteiger partial charge is 0.212 e. The third-order valence-corrected chi connectivity index (χ3v) is 5.43. The Bertz CT molecular complexity index is 1400. The molecule has 5 aromatic rings. The minimum Gasteiger partial charge on any atom is -0.275 e. The van der Waals surface area contributed by atoms with Gasteiger partial charge in [0.1, 0.15) is 11.5 Å². The van der Waals surface area contributed by atoms with Crippen molar-refractivity contribution in [1.29, 1.82) is 0 Å². The molecule has 0 radical (unpaired) electrons. The van der Waals surface area contributed by atoms with Crippen molar-refractivity contribution >= 4 is 33.4 Å². The summed E-state index contributed by atoms with van der Waals surface area (Å²) in [5.74, 6) is -1.11. The van der Waals surface area contributed by atoms with Gasteiger partial charge in [-0.25, -0.2) is 14.1 Å². The molecule has 5 nitrogen and oxygen atoms in total. The summed E-state index contributed by atoms with van der Waals surface area (Å²) < 4.78 is 31.2. The summed E-state index contributed by atoms with van der Waals surface area (Å²) in [7, 11) is 1.84. The molecule has 0 saturated heterocycles. The molecule has 0 spiro atoms. The molecule has 0 unspecified atom stereocenters. The maximum Gasteiger partial charge on any atom is 0.212 e. The molecular formula is C21H14ClF2N5. The van der Waals surface area contributed by atoms with E-state index in [4.69, 9.17) is 16.7 Å². The van der Waals surface area contributed by atoms with Crippen LogP contribution < -0.4 is 0 Å². The van der Waals surface area contributed by atoms with Gasteiger partial charge in [0.25, 0.3) is 0 Å². The topological polar surface area (TPSA) is 48.5 Å². The first-order valence-electron chi connectivity index (χ1n) is 8.86. The van der Waals surface area contributed by atoms with Crippen LogP contribution in [0.25, 0.3) is 38.8 Å². The van der Waals surface area contributed by atoms with E-state index < -0.39 is 11.8 Å². The molecule has 0 aliphatic rings. The summed E-state index contributed by atoms with van der Waals surface area (Å²) in [6.45, 7) is 1.73. The number of nitrogens with zero attached hydrogens (tertiary/aromatic N) is 5. The van der Waals surface area contributed by atoms with E-state index >= 15 is 0 Å². The largest absolute Gasteiger partial charge is 0.275 e. The number of hydrogen-bond acceptors (Lipinski definition) is 3. The number of fused-ring (bicyclic) bond motifs is 2. The van der Waals surface area contributed by atoms with Crippen LogP contribution in [0.15, 0.2) is 48.8 Å². The SMILES string of the molecule is Cc1c(Cl)c(F)cc2c(-c3cccc4nn(C)cc34)nn(-c3ccc(F)nc3)c12. The van der Waals surface area contributed by atoms with Crippen LogP contribution >= 0.6 is 11.6 Å². The number of pyridine rings is 1. The number of aryl methyl sites for hydroxylation is 2. The first kappa shape index (κ1) is 17.8. The fraction of sp³-hybridized carbons (Fsp3) is 0.0952. The van der Waals surface area contributed by atoms with E-state index in [1.165, 1.54) is 18.3 Å². The van der Waals surface area contributed by atoms with Crippen LogP contribution in [0.3, 0.4) is 0 Å². The number of rotatable bonds is 2. The van der Waals surface area contributed by atoms with E-state index in [9.17, 15) is 8.78 Å². The van der Waals surface area contributed by atoms with Gasteiger partial charge in [-0.15, -0.1) is 0 Å². The lowest BCUT2D eigenvalue weighted by atomic mass is 10.0. The molecule has 0 aliphatic heterocycles. The normalized spacial score (nSPS) is 11.6. The van der Waals surface area contributed by atoms with Crippen molar-refractivity contribution in [3.8, 4) is 16.9 Å². The Kier molecular flexibility index (Phi) is 3.89. The van der Waals surface area contributed by atoms with E-state index in [0.29, 0.717) is 27.8 Å².